The zero-order valence-electron chi connectivity index (χ0n) is 10.5. The standard InChI is InChI=1S/C13H11Cl2N3OS/c1-12(7-13(12,14)15)10(19)18-11(20)17-9-5-3-2-4-8(9)6-16/h2-5H,7H2,1H3,(H2,17,18,19,20)/t12-/m1/s1. The van der Waals surface area contributed by atoms with Gasteiger partial charge in [0.2, 0.25) is 5.91 Å². The predicted octanol–water partition coefficient (Wildman–Crippen LogP) is 2.96. The van der Waals surface area contributed by atoms with Crippen LogP contribution < -0.4 is 10.6 Å². The average Bonchev–Trinajstić information content (AvgIpc) is 2.90. The van der Waals surface area contributed by atoms with Crippen LogP contribution >= 0.6 is 35.4 Å². The second-order valence-electron chi connectivity index (χ2n) is 4.78. The number of benzene rings is 1. The third-order valence-corrected chi connectivity index (χ3v) is 4.59. The van der Waals surface area contributed by atoms with Gasteiger partial charge in [0.25, 0.3) is 0 Å². The summed E-state index contributed by atoms with van der Waals surface area (Å²) in [7, 11) is 0. The van der Waals surface area contributed by atoms with Crippen molar-refractivity contribution in [3.8, 4) is 6.07 Å². The number of nitrogens with zero attached hydrogens (tertiary/aromatic N) is 1. The van der Waals surface area contributed by atoms with E-state index in [2.05, 4.69) is 10.6 Å². The van der Waals surface area contributed by atoms with E-state index in [4.69, 9.17) is 40.7 Å². The molecule has 0 radical (unpaired) electrons. The number of nitrogens with one attached hydrogen (secondary N) is 2. The van der Waals surface area contributed by atoms with E-state index in [1.165, 1.54) is 0 Å². The van der Waals surface area contributed by atoms with Crippen molar-refractivity contribution in [2.45, 2.75) is 17.7 Å². The SMILES string of the molecule is C[C@]1(C(=O)NC(=S)Nc2ccccc2C#N)CC1(Cl)Cl. The van der Waals surface area contributed by atoms with E-state index < -0.39 is 9.75 Å². The Morgan fingerprint density at radius 2 is 2.05 bits per heavy atom. The van der Waals surface area contributed by atoms with Crippen LogP contribution in [-0.4, -0.2) is 15.4 Å². The fraction of sp³-hybridized carbons (Fsp3) is 0.308. The molecule has 1 amide bonds. The molecule has 1 aliphatic carbocycles. The summed E-state index contributed by atoms with van der Waals surface area (Å²) < 4.78 is -1.04. The topological polar surface area (TPSA) is 64.9 Å². The van der Waals surface area contributed by atoms with Crippen LogP contribution in [0.5, 0.6) is 0 Å². The number of para-hydroxylation sites is 1. The molecular formula is C13H11Cl2N3OS. The smallest absolute Gasteiger partial charge is 0.235 e. The van der Waals surface area contributed by atoms with Gasteiger partial charge in [-0.1, -0.05) is 12.1 Å². The minimum absolute atomic E-state index is 0.106. The van der Waals surface area contributed by atoms with Crippen molar-refractivity contribution >= 4 is 52.1 Å². The molecule has 0 unspecified atom stereocenters. The van der Waals surface area contributed by atoms with Crippen molar-refractivity contribution in [2.24, 2.45) is 5.41 Å². The maximum atomic E-state index is 12.0. The normalized spacial score (nSPS) is 22.5. The lowest BCUT2D eigenvalue weighted by molar-refractivity contribution is -0.124. The van der Waals surface area contributed by atoms with E-state index in [-0.39, 0.29) is 11.0 Å². The monoisotopic (exact) mass is 327 g/mol. The summed E-state index contributed by atoms with van der Waals surface area (Å²) in [4.78, 5) is 12.0. The van der Waals surface area contributed by atoms with Crippen molar-refractivity contribution in [1.29, 1.82) is 5.26 Å². The van der Waals surface area contributed by atoms with Gasteiger partial charge in [-0.25, -0.2) is 0 Å². The number of anilines is 1. The van der Waals surface area contributed by atoms with Crippen LogP contribution in [0.3, 0.4) is 0 Å². The first-order valence-corrected chi connectivity index (χ1v) is 6.96. The molecule has 104 valence electrons. The molecule has 2 N–H and O–H groups in total. The average molecular weight is 328 g/mol. The summed E-state index contributed by atoms with van der Waals surface area (Å²) in [6.07, 6.45) is 0.381. The number of carbonyl (C=O) groups is 1. The quantitative estimate of drug-likeness (QED) is 0.647. The fourth-order valence-corrected chi connectivity index (χ4v) is 2.64. The number of alkyl halides is 2. The third kappa shape index (κ3) is 2.73. The first kappa shape index (κ1) is 15.0. The van der Waals surface area contributed by atoms with Crippen molar-refractivity contribution in [3.05, 3.63) is 29.8 Å². The van der Waals surface area contributed by atoms with Gasteiger partial charge in [-0.3, -0.25) is 4.79 Å². The first-order valence-electron chi connectivity index (χ1n) is 5.79. The molecule has 7 heteroatoms. The molecule has 1 saturated carbocycles. The zero-order valence-corrected chi connectivity index (χ0v) is 12.9. The lowest BCUT2D eigenvalue weighted by Gasteiger charge is -2.14. The number of hydrogen-bond acceptors (Lipinski definition) is 3. The Labute approximate surface area is 132 Å². The van der Waals surface area contributed by atoms with Crippen LogP contribution in [0.4, 0.5) is 5.69 Å². The number of rotatable bonds is 2. The molecule has 0 heterocycles. The molecule has 20 heavy (non-hydrogen) atoms. The van der Waals surface area contributed by atoms with E-state index >= 15 is 0 Å². The van der Waals surface area contributed by atoms with Gasteiger partial charge >= 0.3 is 0 Å². The van der Waals surface area contributed by atoms with Gasteiger partial charge in [0.15, 0.2) is 5.11 Å². The van der Waals surface area contributed by atoms with Gasteiger partial charge in [-0.2, -0.15) is 5.26 Å². The molecule has 0 spiro atoms. The molecule has 1 aliphatic rings. The van der Waals surface area contributed by atoms with Crippen molar-refractivity contribution in [2.75, 3.05) is 5.32 Å². The van der Waals surface area contributed by atoms with E-state index in [9.17, 15) is 4.79 Å². The van der Waals surface area contributed by atoms with Gasteiger partial charge in [-0.05, 0) is 37.7 Å². The highest BCUT2D eigenvalue weighted by molar-refractivity contribution is 7.80. The Morgan fingerprint density at radius 3 is 2.60 bits per heavy atom. The van der Waals surface area contributed by atoms with Gasteiger partial charge in [-0.15, -0.1) is 23.2 Å². The lowest BCUT2D eigenvalue weighted by atomic mass is 10.1. The third-order valence-electron chi connectivity index (χ3n) is 3.28. The highest BCUT2D eigenvalue weighted by Crippen LogP contribution is 2.63. The fourth-order valence-electron chi connectivity index (χ4n) is 1.73. The van der Waals surface area contributed by atoms with Crippen molar-refractivity contribution < 1.29 is 4.79 Å². The number of thiocarbonyl (C=S) groups is 1. The minimum atomic E-state index is -1.04. The molecule has 0 bridgehead atoms. The van der Waals surface area contributed by atoms with Gasteiger partial charge < -0.3 is 10.6 Å². The summed E-state index contributed by atoms with van der Waals surface area (Å²) in [5.74, 6) is -0.338. The number of nitriles is 1. The van der Waals surface area contributed by atoms with Crippen LogP contribution in [0.15, 0.2) is 24.3 Å². The molecule has 1 aromatic rings. The largest absolute Gasteiger partial charge is 0.331 e. The summed E-state index contributed by atoms with van der Waals surface area (Å²) in [5.41, 5.74) is 0.131. The predicted molar refractivity (Wildman–Crippen MR) is 82.7 cm³/mol. The van der Waals surface area contributed by atoms with Crippen LogP contribution in [0.25, 0.3) is 0 Å². The van der Waals surface area contributed by atoms with Crippen LogP contribution in [0, 0.1) is 16.7 Å². The molecule has 4 nitrogen and oxygen atoms in total. The Balaban J connectivity index is 2.01. The van der Waals surface area contributed by atoms with Crippen LogP contribution in [0.2, 0.25) is 0 Å². The van der Waals surface area contributed by atoms with Gasteiger partial charge in [0.1, 0.15) is 10.4 Å². The molecule has 1 aromatic carbocycles. The molecule has 1 fully saturated rings. The summed E-state index contributed by atoms with van der Waals surface area (Å²) >= 11 is 16.9. The maximum Gasteiger partial charge on any atom is 0.235 e. The summed E-state index contributed by atoms with van der Waals surface area (Å²) in [6, 6.07) is 8.89. The molecule has 2 rings (SSSR count). The Bertz CT molecular complexity index is 626. The van der Waals surface area contributed by atoms with Crippen LogP contribution in [-0.2, 0) is 4.79 Å². The number of carbonyl (C=O) groups excluding carboxylic acids is 1. The molecule has 0 aliphatic heterocycles. The second kappa shape index (κ2) is 5.21. The Morgan fingerprint density at radius 1 is 1.45 bits per heavy atom. The van der Waals surface area contributed by atoms with E-state index in [0.29, 0.717) is 17.7 Å². The van der Waals surface area contributed by atoms with Crippen molar-refractivity contribution in [1.82, 2.24) is 5.32 Å². The molecule has 1 atom stereocenters. The van der Waals surface area contributed by atoms with Gasteiger partial charge in [0.05, 0.1) is 16.7 Å². The summed E-state index contributed by atoms with van der Waals surface area (Å²) in [5, 5.41) is 14.4. The zero-order chi connectivity index (χ0) is 15.0. The number of hydrogen-bond donors (Lipinski definition) is 2. The molecular weight excluding hydrogens is 317 g/mol. The number of amides is 1. The Kier molecular flexibility index (Phi) is 3.92. The Hall–Kier alpha value is -1.35. The highest BCUT2D eigenvalue weighted by atomic mass is 35.5. The van der Waals surface area contributed by atoms with E-state index in [1.54, 1.807) is 31.2 Å². The maximum absolute atomic E-state index is 12.0. The second-order valence-corrected chi connectivity index (χ2v) is 6.67. The first-order chi connectivity index (χ1) is 9.30. The molecule has 0 aromatic heterocycles. The minimum Gasteiger partial charge on any atom is -0.331 e. The van der Waals surface area contributed by atoms with Gasteiger partial charge in [0, 0.05) is 0 Å². The summed E-state index contributed by atoms with van der Waals surface area (Å²) in [6.45, 7) is 1.67. The van der Waals surface area contributed by atoms with Crippen LogP contribution in [0.1, 0.15) is 18.9 Å². The van der Waals surface area contributed by atoms with E-state index in [1.807, 2.05) is 6.07 Å². The van der Waals surface area contributed by atoms with Crippen molar-refractivity contribution in [3.63, 3.8) is 0 Å². The number of halogens is 2. The van der Waals surface area contributed by atoms with E-state index in [0.717, 1.165) is 0 Å². The highest BCUT2D eigenvalue weighted by Gasteiger charge is 2.68. The lowest BCUT2D eigenvalue weighted by Crippen LogP contribution is -2.40. The molecule has 0 saturated heterocycles.